The predicted molar refractivity (Wildman–Crippen MR) is 115 cm³/mol. The Balaban J connectivity index is 1.38. The lowest BCUT2D eigenvalue weighted by Gasteiger charge is -2.23. The molecule has 2 aromatic carbocycles. The summed E-state index contributed by atoms with van der Waals surface area (Å²) in [6.45, 7) is 0.850. The molecule has 168 valence electrons. The monoisotopic (exact) mass is 458 g/mol. The minimum atomic E-state index is -3.89. The first-order valence-corrected chi connectivity index (χ1v) is 11.7. The van der Waals surface area contributed by atoms with Crippen molar-refractivity contribution in [2.75, 3.05) is 6.54 Å². The number of hydrogen-bond donors (Lipinski definition) is 1. The molecule has 0 unspecified atom stereocenters. The third kappa shape index (κ3) is 5.00. The van der Waals surface area contributed by atoms with Crippen LogP contribution in [0, 0.1) is 5.82 Å². The van der Waals surface area contributed by atoms with Crippen molar-refractivity contribution in [3.05, 3.63) is 84.1 Å². The molecule has 0 saturated carbocycles. The number of furan rings is 1. The molecule has 32 heavy (non-hydrogen) atoms. The Labute approximate surface area is 185 Å². The molecule has 1 aliphatic rings. The summed E-state index contributed by atoms with van der Waals surface area (Å²) in [7, 11) is -3.89. The standard InChI is InChI=1S/C23H23FN2O5S/c24-19-6-8-21(9-7-19)32(28,29)26-11-2-5-22(26)23(27)25-14-17-3-1-4-20(13-17)31-16-18-10-12-30-15-18/h1,3-4,6-10,12-13,15,22H,2,5,11,14,16H2,(H,25,27)/t22-/m0/s1. The lowest BCUT2D eigenvalue weighted by Crippen LogP contribution is -2.45. The number of carbonyl (C=O) groups excluding carboxylic acids is 1. The number of ether oxygens (including phenoxy) is 1. The average molecular weight is 459 g/mol. The first-order chi connectivity index (χ1) is 15.4. The summed E-state index contributed by atoms with van der Waals surface area (Å²) in [6, 6.07) is 13.0. The van der Waals surface area contributed by atoms with Gasteiger partial charge in [-0.1, -0.05) is 12.1 Å². The van der Waals surface area contributed by atoms with Gasteiger partial charge in [-0.2, -0.15) is 4.31 Å². The van der Waals surface area contributed by atoms with E-state index in [9.17, 15) is 17.6 Å². The normalized spacial score (nSPS) is 16.7. The van der Waals surface area contributed by atoms with Crippen LogP contribution in [-0.4, -0.2) is 31.2 Å². The van der Waals surface area contributed by atoms with Gasteiger partial charge in [-0.25, -0.2) is 12.8 Å². The van der Waals surface area contributed by atoms with E-state index in [1.807, 2.05) is 30.3 Å². The van der Waals surface area contributed by atoms with Crippen molar-refractivity contribution >= 4 is 15.9 Å². The zero-order valence-electron chi connectivity index (χ0n) is 17.2. The molecule has 1 atom stereocenters. The summed E-state index contributed by atoms with van der Waals surface area (Å²) in [4.78, 5) is 12.8. The van der Waals surface area contributed by atoms with Gasteiger partial charge < -0.3 is 14.5 Å². The van der Waals surface area contributed by atoms with Crippen LogP contribution >= 0.6 is 0 Å². The van der Waals surface area contributed by atoms with Crippen LogP contribution in [0.5, 0.6) is 5.75 Å². The Morgan fingerprint density at radius 2 is 1.97 bits per heavy atom. The van der Waals surface area contributed by atoms with Crippen molar-refractivity contribution in [3.8, 4) is 5.75 Å². The SMILES string of the molecule is O=C(NCc1cccc(OCc2ccoc2)c1)[C@@H]1CCCN1S(=O)(=O)c1ccc(F)cc1. The summed E-state index contributed by atoms with van der Waals surface area (Å²) in [6.07, 6.45) is 4.20. The van der Waals surface area contributed by atoms with Crippen LogP contribution in [0.3, 0.4) is 0 Å². The van der Waals surface area contributed by atoms with Crippen molar-refractivity contribution in [2.24, 2.45) is 0 Å². The Hall–Kier alpha value is -3.17. The molecule has 0 spiro atoms. The minimum Gasteiger partial charge on any atom is -0.489 e. The second-order valence-electron chi connectivity index (χ2n) is 7.51. The van der Waals surface area contributed by atoms with Crippen molar-refractivity contribution in [1.29, 1.82) is 0 Å². The van der Waals surface area contributed by atoms with Crippen LogP contribution in [0.2, 0.25) is 0 Å². The molecule has 0 radical (unpaired) electrons. The molecule has 3 aromatic rings. The van der Waals surface area contributed by atoms with Gasteiger partial charge in [0.1, 0.15) is 24.2 Å². The number of hydrogen-bond acceptors (Lipinski definition) is 5. The molecule has 1 aromatic heterocycles. The van der Waals surface area contributed by atoms with Crippen LogP contribution in [0.15, 0.2) is 76.4 Å². The Bertz CT molecular complexity index is 1160. The van der Waals surface area contributed by atoms with E-state index < -0.39 is 21.9 Å². The molecular weight excluding hydrogens is 435 g/mol. The van der Waals surface area contributed by atoms with E-state index in [0.717, 1.165) is 23.3 Å². The van der Waals surface area contributed by atoms with Crippen LogP contribution in [0.25, 0.3) is 0 Å². The predicted octanol–water partition coefficient (Wildman–Crippen LogP) is 3.47. The van der Waals surface area contributed by atoms with E-state index in [-0.39, 0.29) is 23.9 Å². The second kappa shape index (κ2) is 9.54. The van der Waals surface area contributed by atoms with Gasteiger partial charge in [-0.05, 0) is 60.9 Å². The van der Waals surface area contributed by atoms with E-state index in [1.54, 1.807) is 12.5 Å². The molecule has 4 rings (SSSR count). The van der Waals surface area contributed by atoms with Gasteiger partial charge >= 0.3 is 0 Å². The Morgan fingerprint density at radius 3 is 2.72 bits per heavy atom. The minimum absolute atomic E-state index is 0.0268. The summed E-state index contributed by atoms with van der Waals surface area (Å²) >= 11 is 0. The quantitative estimate of drug-likeness (QED) is 0.558. The smallest absolute Gasteiger partial charge is 0.243 e. The van der Waals surface area contributed by atoms with Crippen molar-refractivity contribution < 1.29 is 26.8 Å². The number of sulfonamides is 1. The third-order valence-corrected chi connectivity index (χ3v) is 7.20. The van der Waals surface area contributed by atoms with Gasteiger partial charge in [0.2, 0.25) is 15.9 Å². The van der Waals surface area contributed by atoms with E-state index in [0.29, 0.717) is 25.2 Å². The first kappa shape index (κ1) is 22.0. The number of nitrogens with zero attached hydrogens (tertiary/aromatic N) is 1. The summed E-state index contributed by atoms with van der Waals surface area (Å²) in [5, 5.41) is 2.82. The molecule has 0 aliphatic carbocycles. The summed E-state index contributed by atoms with van der Waals surface area (Å²) in [5.74, 6) is -0.229. The Morgan fingerprint density at radius 1 is 1.16 bits per heavy atom. The maximum absolute atomic E-state index is 13.2. The fourth-order valence-corrected chi connectivity index (χ4v) is 5.28. The average Bonchev–Trinajstić information content (AvgIpc) is 3.49. The first-order valence-electron chi connectivity index (χ1n) is 10.2. The van der Waals surface area contributed by atoms with E-state index in [2.05, 4.69) is 5.32 Å². The highest BCUT2D eigenvalue weighted by Crippen LogP contribution is 2.26. The summed E-state index contributed by atoms with van der Waals surface area (Å²) in [5.41, 5.74) is 1.74. The number of amides is 1. The maximum atomic E-state index is 13.2. The lowest BCUT2D eigenvalue weighted by atomic mass is 10.2. The van der Waals surface area contributed by atoms with Crippen LogP contribution in [-0.2, 0) is 28.0 Å². The highest BCUT2D eigenvalue weighted by Gasteiger charge is 2.39. The van der Waals surface area contributed by atoms with Gasteiger partial charge in [0, 0.05) is 18.7 Å². The lowest BCUT2D eigenvalue weighted by molar-refractivity contribution is -0.124. The number of halogens is 1. The zero-order chi connectivity index (χ0) is 22.6. The fourth-order valence-electron chi connectivity index (χ4n) is 3.63. The second-order valence-corrected chi connectivity index (χ2v) is 9.40. The number of carbonyl (C=O) groups is 1. The van der Waals surface area contributed by atoms with E-state index in [4.69, 9.17) is 9.15 Å². The van der Waals surface area contributed by atoms with Gasteiger partial charge in [-0.3, -0.25) is 4.79 Å². The number of rotatable bonds is 8. The molecule has 1 amide bonds. The third-order valence-electron chi connectivity index (χ3n) is 5.28. The van der Waals surface area contributed by atoms with Gasteiger partial charge in [0.15, 0.2) is 0 Å². The van der Waals surface area contributed by atoms with Crippen molar-refractivity contribution in [2.45, 2.75) is 36.9 Å². The summed E-state index contributed by atoms with van der Waals surface area (Å²) < 4.78 is 51.0. The molecule has 1 N–H and O–H groups in total. The zero-order valence-corrected chi connectivity index (χ0v) is 18.1. The Kier molecular flexibility index (Phi) is 6.57. The molecule has 9 heteroatoms. The molecule has 1 fully saturated rings. The largest absolute Gasteiger partial charge is 0.489 e. The fraction of sp³-hybridized carbons (Fsp3) is 0.261. The van der Waals surface area contributed by atoms with Crippen LogP contribution < -0.4 is 10.1 Å². The maximum Gasteiger partial charge on any atom is 0.243 e. The van der Waals surface area contributed by atoms with Crippen molar-refractivity contribution in [1.82, 2.24) is 9.62 Å². The van der Waals surface area contributed by atoms with Gasteiger partial charge in [0.25, 0.3) is 0 Å². The molecular formula is C23H23FN2O5S. The molecule has 1 saturated heterocycles. The van der Waals surface area contributed by atoms with Crippen LogP contribution in [0.1, 0.15) is 24.0 Å². The highest BCUT2D eigenvalue weighted by molar-refractivity contribution is 7.89. The van der Waals surface area contributed by atoms with E-state index in [1.165, 1.54) is 16.4 Å². The van der Waals surface area contributed by atoms with Gasteiger partial charge in [0.05, 0.1) is 17.4 Å². The number of benzene rings is 2. The highest BCUT2D eigenvalue weighted by atomic mass is 32.2. The molecule has 1 aliphatic heterocycles. The van der Waals surface area contributed by atoms with Gasteiger partial charge in [-0.15, -0.1) is 0 Å². The molecule has 0 bridgehead atoms. The number of nitrogens with one attached hydrogen (secondary N) is 1. The van der Waals surface area contributed by atoms with Crippen molar-refractivity contribution in [3.63, 3.8) is 0 Å². The topological polar surface area (TPSA) is 88.8 Å². The molecule has 2 heterocycles. The van der Waals surface area contributed by atoms with Crippen LogP contribution in [0.4, 0.5) is 4.39 Å². The molecule has 7 nitrogen and oxygen atoms in total. The van der Waals surface area contributed by atoms with E-state index >= 15 is 0 Å².